The summed E-state index contributed by atoms with van der Waals surface area (Å²) in [6, 6.07) is -47.3. The van der Waals surface area contributed by atoms with Crippen molar-refractivity contribution in [3.63, 3.8) is 0 Å². The number of para-hydroxylation sites is 4. The summed E-state index contributed by atoms with van der Waals surface area (Å²) >= 11 is 0. The quantitative estimate of drug-likeness (QED) is 0.161. The van der Waals surface area contributed by atoms with Gasteiger partial charge in [-0.25, -0.2) is 0 Å². The maximum atomic E-state index is 10.1. The molecule has 0 unspecified atom stereocenters. The molecular weight excluding hydrogens is 1190 g/mol. The highest BCUT2D eigenvalue weighted by molar-refractivity contribution is 6.32. The second-order valence-corrected chi connectivity index (χ2v) is 21.8. The Morgan fingerprint density at radius 1 is 0.173 bits per heavy atom. The molecule has 4 heteroatoms. The molecule has 22 aromatic rings. The molecule has 4 heterocycles. The Kier molecular flexibility index (Phi) is 5.14. The van der Waals surface area contributed by atoms with Crippen LogP contribution in [-0.2, 0) is 0 Å². The summed E-state index contributed by atoms with van der Waals surface area (Å²) in [5, 5.41) is -12.2. The van der Waals surface area contributed by atoms with Crippen molar-refractivity contribution in [2.24, 2.45) is 0 Å². The van der Waals surface area contributed by atoms with Crippen molar-refractivity contribution >= 4 is 163 Å². The third-order valence-electron chi connectivity index (χ3n) is 16.7. The third-order valence-corrected chi connectivity index (χ3v) is 16.7. The molecule has 0 saturated carbocycles. The van der Waals surface area contributed by atoms with Crippen LogP contribution >= 0.6 is 0 Å². The molecular formula is C94H54O4. The van der Waals surface area contributed by atoms with Gasteiger partial charge in [-0.3, -0.25) is 0 Å². The van der Waals surface area contributed by atoms with Crippen LogP contribution in [0.25, 0.3) is 219 Å². The molecule has 0 spiro atoms. The maximum Gasteiger partial charge on any atom is 0.143 e. The van der Waals surface area contributed by atoms with Gasteiger partial charge in [0.05, 0.1) is 74.0 Å². The van der Waals surface area contributed by atoms with Crippen LogP contribution < -0.4 is 0 Å². The summed E-state index contributed by atoms with van der Waals surface area (Å²) in [6.07, 6.45) is 0. The lowest BCUT2D eigenvalue weighted by Gasteiger charge is -2.19. The molecule has 4 nitrogen and oxygen atoms in total. The first kappa shape index (κ1) is 23.7. The Morgan fingerprint density at radius 3 is 1.17 bits per heavy atom. The predicted octanol–water partition coefficient (Wildman–Crippen LogP) is 27.4. The van der Waals surface area contributed by atoms with Crippen molar-refractivity contribution in [1.82, 2.24) is 0 Å². The van der Waals surface area contributed by atoms with E-state index in [1.54, 1.807) is 0 Å². The zero-order valence-corrected chi connectivity index (χ0v) is 48.6. The van der Waals surface area contributed by atoms with Crippen molar-refractivity contribution in [2.75, 3.05) is 0 Å². The SMILES string of the molecule is [2H]c1c([2H])c(-c2c3c([2H])c([2H])c([2H])c([2H])c3c(-c3c([2H])c4oc5c([2H])c([2H])c6c([2H])c([2H])c([2H])c([2H])c6c5c4c4c([2H])c([2H])c([2H])c([2H])c34)c3c([2H])c([2H])c([2H])c([2H])c23)c([2H])c([2H])c1-c1c([2H])c([2H])c([2H])c2c1oc1c([2H])c([2H])c([2H])c([2H])c12.[2H]c1c([2H])c([2H])c2c(oc3c(-c4c5c([2H])c([2H])c([2H])c([2H])c5c(-c5c([2H])c([2H])c6c(oc7c([2H])c8c([2H])c([2H])c([2H])c([2H])c8c([2H])c76)c5[2H])c5c([2H])c([2H])c([2H])c([2H])c45)c([2H])c([2H])c([2H])c32)c1[2H]. The van der Waals surface area contributed by atoms with Gasteiger partial charge in [0.15, 0.2) is 0 Å². The fraction of sp³-hybridized carbons (Fsp3) is 0. The minimum absolute atomic E-state index is 0.376. The van der Waals surface area contributed by atoms with Crippen LogP contribution in [0.5, 0.6) is 0 Å². The maximum absolute atomic E-state index is 10.1. The van der Waals surface area contributed by atoms with E-state index in [1.165, 1.54) is 0 Å². The normalized spacial score (nSPS) is 19.8. The fourth-order valence-electron chi connectivity index (χ4n) is 12.6. The largest absolute Gasteiger partial charge is 0.456 e. The van der Waals surface area contributed by atoms with Gasteiger partial charge in [0, 0.05) is 59.8 Å². The van der Waals surface area contributed by atoms with E-state index in [4.69, 9.17) is 65.6 Å². The Labute approximate surface area is 636 Å². The van der Waals surface area contributed by atoms with Crippen molar-refractivity contribution in [2.45, 2.75) is 0 Å². The van der Waals surface area contributed by atoms with E-state index in [1.807, 2.05) is 0 Å². The molecule has 18 aromatic carbocycles. The Balaban J connectivity index is 0.000000181. The topological polar surface area (TPSA) is 52.6 Å². The van der Waals surface area contributed by atoms with Crippen LogP contribution in [0.1, 0.15) is 74.0 Å². The second-order valence-electron chi connectivity index (χ2n) is 21.8. The molecule has 0 aliphatic heterocycles. The molecule has 0 aliphatic carbocycles. The van der Waals surface area contributed by atoms with Crippen molar-refractivity contribution in [3.05, 3.63) is 326 Å². The van der Waals surface area contributed by atoms with E-state index in [2.05, 4.69) is 0 Å². The second kappa shape index (κ2) is 21.2. The standard InChI is InChI=1S/C52H30O2.C42H24O2/c1-2-13-34-31(12-1)28-29-46-50(34)51-38-16-4-3-14-36(38)44(30-47(51)53-46)49-41-19-7-5-17-39(41)48(40-18-6-8-20-42(40)49)33-26-24-32(25-27-33)35-21-11-22-43-37-15-9-10-23-45(37)54-52(35)43;1-2-11-26-23-39-36(22-25(26)10-1)29-21-20-27(24-38(29)43-39)40-30-13-3-5-15-32(30)41(33-16-6-4-14-31(33)40)35-18-9-17-34-28-12-7-8-19-37(28)44-42(34)35/h1-30H;1-24H/i1D,2D,3D,4D,5D,6D,7D,8D,9D,10D,11D,12D,13D,14D,15D,16D,17D,18D,19D,20D,21D,22D,23D,24D,25D,26D,27D,28D,29D,30D;1D,2D,3D,4D,5D,6D,7D,8D,9D,10D,11D,12D,13D,14D,15D,16D,17D,18D,19D,20D,21D,22D,23D,24D. The van der Waals surface area contributed by atoms with E-state index in [9.17, 15) is 26.0 Å². The Hall–Kier alpha value is -13.0. The highest BCUT2D eigenvalue weighted by Crippen LogP contribution is 2.51. The lowest BCUT2D eigenvalue weighted by Crippen LogP contribution is -1.92. The average molecular weight is 1300 g/mol. The lowest BCUT2D eigenvalue weighted by molar-refractivity contribution is 0.669. The predicted molar refractivity (Wildman–Crippen MR) is 412 cm³/mol. The summed E-state index contributed by atoms with van der Waals surface area (Å²) in [5.74, 6) is 0. The smallest absolute Gasteiger partial charge is 0.143 e. The molecule has 0 bridgehead atoms. The van der Waals surface area contributed by atoms with Gasteiger partial charge >= 0.3 is 0 Å². The van der Waals surface area contributed by atoms with Gasteiger partial charge < -0.3 is 17.7 Å². The summed E-state index contributed by atoms with van der Waals surface area (Å²) in [5.41, 5.74) is -12.0. The molecule has 0 amide bonds. The first-order valence-corrected chi connectivity index (χ1v) is 29.1. The van der Waals surface area contributed by atoms with Crippen molar-refractivity contribution < 1.29 is 91.7 Å². The van der Waals surface area contributed by atoms with Gasteiger partial charge in [-0.15, -0.1) is 0 Å². The highest BCUT2D eigenvalue weighted by Gasteiger charge is 2.25. The zero-order chi connectivity index (χ0) is 111. The molecule has 454 valence electrons. The first-order valence-electron chi connectivity index (χ1n) is 56.1. The molecule has 0 radical (unpaired) electrons. The number of benzene rings is 18. The van der Waals surface area contributed by atoms with Crippen molar-refractivity contribution in [1.29, 1.82) is 0 Å². The third kappa shape index (κ3) is 8.13. The zero-order valence-electron chi connectivity index (χ0n) is 103. The minimum atomic E-state index is -1.12. The molecule has 4 aromatic heterocycles. The van der Waals surface area contributed by atoms with E-state index >= 15 is 0 Å². The van der Waals surface area contributed by atoms with E-state index in [0.29, 0.717) is 0 Å². The number of fused-ring (bicyclic) bond motifs is 21. The Morgan fingerprint density at radius 2 is 0.571 bits per heavy atom. The number of hydrogen-bond acceptors (Lipinski definition) is 4. The highest BCUT2D eigenvalue weighted by atomic mass is 16.3. The lowest BCUT2D eigenvalue weighted by atomic mass is 9.84. The van der Waals surface area contributed by atoms with E-state index in [-0.39, 0.29) is 5.39 Å². The number of furan rings is 4. The van der Waals surface area contributed by atoms with Gasteiger partial charge in [0.2, 0.25) is 0 Å². The number of rotatable bonds is 5. The van der Waals surface area contributed by atoms with Crippen LogP contribution in [-0.4, -0.2) is 0 Å². The van der Waals surface area contributed by atoms with Gasteiger partial charge in [-0.1, -0.05) is 278 Å². The molecule has 0 atom stereocenters. The molecule has 0 fully saturated rings. The minimum Gasteiger partial charge on any atom is -0.456 e. The molecule has 0 N–H and O–H groups in total. The average Bonchev–Trinajstić information content (AvgIpc) is 1.00. The first-order chi connectivity index (χ1) is 71.1. The van der Waals surface area contributed by atoms with Crippen LogP contribution in [0, 0.1) is 0 Å². The van der Waals surface area contributed by atoms with Gasteiger partial charge in [0.1, 0.15) is 44.7 Å². The van der Waals surface area contributed by atoms with Gasteiger partial charge in [0.25, 0.3) is 0 Å². The molecule has 98 heavy (non-hydrogen) atoms. The summed E-state index contributed by atoms with van der Waals surface area (Å²) in [4.78, 5) is 0. The fourth-order valence-corrected chi connectivity index (χ4v) is 12.6. The summed E-state index contributed by atoms with van der Waals surface area (Å²) in [6.45, 7) is 0. The monoisotopic (exact) mass is 1300 g/mol. The number of hydrogen-bond donors (Lipinski definition) is 0. The summed E-state index contributed by atoms with van der Waals surface area (Å²) in [7, 11) is 0. The molecule has 0 saturated heterocycles. The van der Waals surface area contributed by atoms with Crippen LogP contribution in [0.3, 0.4) is 0 Å². The van der Waals surface area contributed by atoms with E-state index in [0.717, 1.165) is 0 Å². The van der Waals surface area contributed by atoms with Gasteiger partial charge in [-0.05, 0) is 163 Å². The Bertz CT molecular complexity index is 10400. The molecule has 0 aliphatic rings. The molecule has 22 rings (SSSR count). The van der Waals surface area contributed by atoms with Crippen molar-refractivity contribution in [3.8, 4) is 55.6 Å². The van der Waals surface area contributed by atoms with Crippen LogP contribution in [0.15, 0.2) is 344 Å². The summed E-state index contributed by atoms with van der Waals surface area (Å²) < 4.78 is 512. The van der Waals surface area contributed by atoms with Crippen LogP contribution in [0.4, 0.5) is 0 Å². The van der Waals surface area contributed by atoms with Gasteiger partial charge in [-0.2, -0.15) is 0 Å². The van der Waals surface area contributed by atoms with E-state index < -0.39 is 540 Å². The van der Waals surface area contributed by atoms with Crippen LogP contribution in [0.2, 0.25) is 0 Å².